The lowest BCUT2D eigenvalue weighted by atomic mass is 10.1. The van der Waals surface area contributed by atoms with Crippen molar-refractivity contribution in [3.63, 3.8) is 0 Å². The number of anilines is 1. The Balaban J connectivity index is 1.46. The average molecular weight is 560 g/mol. The van der Waals surface area contributed by atoms with Crippen molar-refractivity contribution < 1.29 is 19.0 Å². The molecule has 1 aliphatic rings. The Kier molecular flexibility index (Phi) is 8.91. The fourth-order valence-corrected chi connectivity index (χ4v) is 4.51. The quantitative estimate of drug-likeness (QED) is 0.351. The molecule has 2 aromatic heterocycles. The fourth-order valence-electron chi connectivity index (χ4n) is 3.98. The molecule has 0 aliphatic carbocycles. The molecule has 1 amide bonds. The first kappa shape index (κ1) is 27.9. The van der Waals surface area contributed by atoms with Crippen molar-refractivity contribution in [3.05, 3.63) is 58.3 Å². The van der Waals surface area contributed by atoms with E-state index in [-0.39, 0.29) is 6.09 Å². The summed E-state index contributed by atoms with van der Waals surface area (Å²) < 4.78 is 16.8. The predicted octanol–water partition coefficient (Wildman–Crippen LogP) is 6.23. The summed E-state index contributed by atoms with van der Waals surface area (Å²) in [4.78, 5) is 29.9. The lowest BCUT2D eigenvalue weighted by molar-refractivity contribution is 0.0263. The van der Waals surface area contributed by atoms with Gasteiger partial charge in [0.1, 0.15) is 5.60 Å². The van der Waals surface area contributed by atoms with Crippen LogP contribution in [-0.4, -0.2) is 64.8 Å². The molecule has 0 atom stereocenters. The lowest BCUT2D eigenvalue weighted by Gasteiger charge is -2.26. The van der Waals surface area contributed by atoms with E-state index >= 15 is 0 Å². The Morgan fingerprint density at radius 1 is 0.974 bits per heavy atom. The van der Waals surface area contributed by atoms with Gasteiger partial charge >= 0.3 is 6.09 Å². The molecule has 0 spiro atoms. The molecule has 0 unspecified atom stereocenters. The molecule has 0 bridgehead atoms. The van der Waals surface area contributed by atoms with Crippen LogP contribution in [0.1, 0.15) is 32.8 Å². The number of benzene rings is 1. The zero-order valence-corrected chi connectivity index (χ0v) is 23.4. The highest BCUT2D eigenvalue weighted by Crippen LogP contribution is 2.30. The van der Waals surface area contributed by atoms with Gasteiger partial charge in [-0.15, -0.1) is 0 Å². The van der Waals surface area contributed by atoms with Gasteiger partial charge in [0.2, 0.25) is 11.8 Å². The molecule has 1 fully saturated rings. The monoisotopic (exact) mass is 559 g/mol. The van der Waals surface area contributed by atoms with Crippen LogP contribution in [0.2, 0.25) is 10.0 Å². The topological polar surface area (TPSA) is 89.9 Å². The van der Waals surface area contributed by atoms with Crippen LogP contribution < -0.4 is 9.64 Å². The van der Waals surface area contributed by atoms with Crippen LogP contribution in [0.25, 0.3) is 11.3 Å². The van der Waals surface area contributed by atoms with Gasteiger partial charge < -0.3 is 24.0 Å². The van der Waals surface area contributed by atoms with Crippen LogP contribution in [0.15, 0.2) is 42.7 Å². The van der Waals surface area contributed by atoms with Crippen molar-refractivity contribution in [2.75, 3.05) is 38.2 Å². The van der Waals surface area contributed by atoms with E-state index in [0.29, 0.717) is 59.6 Å². The third-order valence-corrected chi connectivity index (χ3v) is 6.03. The molecule has 38 heavy (non-hydrogen) atoms. The zero-order valence-electron chi connectivity index (χ0n) is 21.9. The van der Waals surface area contributed by atoms with Crippen LogP contribution in [-0.2, 0) is 16.1 Å². The van der Waals surface area contributed by atoms with Crippen LogP contribution in [0, 0.1) is 0 Å². The molecule has 4 rings (SSSR count). The Hall–Kier alpha value is -3.14. The van der Waals surface area contributed by atoms with Crippen LogP contribution in [0.4, 0.5) is 10.7 Å². The maximum Gasteiger partial charge on any atom is 0.410 e. The predicted molar refractivity (Wildman–Crippen MR) is 147 cm³/mol. The Morgan fingerprint density at radius 3 is 2.34 bits per heavy atom. The minimum absolute atomic E-state index is 0.299. The normalized spacial score (nSPS) is 14.3. The van der Waals surface area contributed by atoms with Gasteiger partial charge in [0.25, 0.3) is 0 Å². The van der Waals surface area contributed by atoms with Gasteiger partial charge in [-0.3, -0.25) is 0 Å². The molecule has 0 saturated carbocycles. The number of ether oxygens (including phenoxy) is 3. The van der Waals surface area contributed by atoms with Gasteiger partial charge in [-0.05, 0) is 57.0 Å². The van der Waals surface area contributed by atoms with Crippen molar-refractivity contribution >= 4 is 35.2 Å². The molecule has 9 nitrogen and oxygen atoms in total. The number of pyridine rings is 1. The first-order valence-corrected chi connectivity index (χ1v) is 13.0. The van der Waals surface area contributed by atoms with Crippen LogP contribution in [0.5, 0.6) is 11.6 Å². The van der Waals surface area contributed by atoms with Gasteiger partial charge in [0.15, 0.2) is 5.75 Å². The van der Waals surface area contributed by atoms with Gasteiger partial charge in [-0.1, -0.05) is 23.2 Å². The number of carbonyl (C=O) groups is 1. The number of methoxy groups -OCH3 is 1. The summed E-state index contributed by atoms with van der Waals surface area (Å²) >= 11 is 12.4. The fraction of sp³-hybridized carbons (Fsp3) is 0.407. The van der Waals surface area contributed by atoms with E-state index in [1.54, 1.807) is 48.7 Å². The highest BCUT2D eigenvalue weighted by Gasteiger charge is 2.25. The van der Waals surface area contributed by atoms with Gasteiger partial charge in [0, 0.05) is 55.0 Å². The molecule has 1 aromatic carbocycles. The molecular weight excluding hydrogens is 529 g/mol. The average Bonchev–Trinajstić information content (AvgIpc) is 3.10. The van der Waals surface area contributed by atoms with E-state index in [1.807, 2.05) is 31.7 Å². The van der Waals surface area contributed by atoms with E-state index in [4.69, 9.17) is 37.4 Å². The SMILES string of the molecule is COCc1cc(Oc2cnc(N3CCCN(C(=O)OC(C)(C)C)CC3)nc2)nc(-c2cc(Cl)cc(Cl)c2)c1. The number of carbonyl (C=O) groups excluding carboxylic acids is 1. The van der Waals surface area contributed by atoms with E-state index in [2.05, 4.69) is 15.0 Å². The number of amides is 1. The summed E-state index contributed by atoms with van der Waals surface area (Å²) in [5.41, 5.74) is 1.76. The number of rotatable bonds is 6. The summed E-state index contributed by atoms with van der Waals surface area (Å²) in [5, 5.41) is 1.03. The first-order valence-electron chi connectivity index (χ1n) is 12.3. The van der Waals surface area contributed by atoms with Crippen molar-refractivity contribution in [1.29, 1.82) is 0 Å². The van der Waals surface area contributed by atoms with Gasteiger partial charge in [-0.25, -0.2) is 19.7 Å². The largest absolute Gasteiger partial charge is 0.444 e. The molecule has 0 radical (unpaired) electrons. The van der Waals surface area contributed by atoms with Crippen molar-refractivity contribution in [3.8, 4) is 22.9 Å². The first-order chi connectivity index (χ1) is 18.1. The second kappa shape index (κ2) is 12.1. The second-order valence-electron chi connectivity index (χ2n) is 9.92. The lowest BCUT2D eigenvalue weighted by Crippen LogP contribution is -2.39. The van der Waals surface area contributed by atoms with Crippen molar-refractivity contribution in [1.82, 2.24) is 19.9 Å². The van der Waals surface area contributed by atoms with Crippen molar-refractivity contribution in [2.45, 2.75) is 39.4 Å². The molecule has 202 valence electrons. The number of halogens is 2. The van der Waals surface area contributed by atoms with Crippen LogP contribution >= 0.6 is 23.2 Å². The van der Waals surface area contributed by atoms with Gasteiger partial charge in [0.05, 0.1) is 24.7 Å². The third-order valence-electron chi connectivity index (χ3n) is 5.60. The Labute approximate surface area is 232 Å². The summed E-state index contributed by atoms with van der Waals surface area (Å²) in [6.45, 7) is 8.46. The maximum atomic E-state index is 12.5. The van der Waals surface area contributed by atoms with E-state index in [0.717, 1.165) is 24.1 Å². The molecular formula is C27H31Cl2N5O4. The summed E-state index contributed by atoms with van der Waals surface area (Å²) in [6, 6.07) is 8.95. The number of nitrogens with zero attached hydrogens (tertiary/aromatic N) is 5. The minimum Gasteiger partial charge on any atom is -0.444 e. The molecule has 1 aliphatic heterocycles. The van der Waals surface area contributed by atoms with E-state index in [9.17, 15) is 4.79 Å². The molecule has 3 heterocycles. The van der Waals surface area contributed by atoms with Crippen molar-refractivity contribution in [2.24, 2.45) is 0 Å². The number of hydrogen-bond donors (Lipinski definition) is 0. The Bertz CT molecular complexity index is 1250. The maximum absolute atomic E-state index is 12.5. The number of aromatic nitrogens is 3. The van der Waals surface area contributed by atoms with E-state index in [1.165, 1.54) is 0 Å². The number of hydrogen-bond acceptors (Lipinski definition) is 8. The van der Waals surface area contributed by atoms with Crippen LogP contribution in [0.3, 0.4) is 0 Å². The summed E-state index contributed by atoms with van der Waals surface area (Å²) in [5.74, 6) is 1.37. The zero-order chi connectivity index (χ0) is 27.3. The molecule has 11 heteroatoms. The Morgan fingerprint density at radius 2 is 1.68 bits per heavy atom. The summed E-state index contributed by atoms with van der Waals surface area (Å²) in [6.07, 6.45) is 3.71. The standard InChI is InChI=1S/C27H31Cl2N5O4/c1-27(2,3)38-26(35)34-7-5-6-33(8-9-34)25-30-15-22(16-31-25)37-24-11-18(17-36-4)10-23(32-24)19-12-20(28)14-21(29)13-19/h10-16H,5-9,17H2,1-4H3. The smallest absolute Gasteiger partial charge is 0.410 e. The minimum atomic E-state index is -0.526. The van der Waals surface area contributed by atoms with E-state index < -0.39 is 5.60 Å². The van der Waals surface area contributed by atoms with Gasteiger partial charge in [-0.2, -0.15) is 0 Å². The molecule has 1 saturated heterocycles. The highest BCUT2D eigenvalue weighted by molar-refractivity contribution is 6.35. The third kappa shape index (κ3) is 7.69. The highest BCUT2D eigenvalue weighted by atomic mass is 35.5. The molecule has 3 aromatic rings. The molecule has 0 N–H and O–H groups in total. The summed E-state index contributed by atoms with van der Waals surface area (Å²) in [7, 11) is 1.62. The second-order valence-corrected chi connectivity index (χ2v) is 10.8.